The summed E-state index contributed by atoms with van der Waals surface area (Å²) in [5, 5.41) is 9.73. The molecule has 0 aliphatic carbocycles. The van der Waals surface area contributed by atoms with Gasteiger partial charge in [-0.2, -0.15) is 8.42 Å². The summed E-state index contributed by atoms with van der Waals surface area (Å²) in [7, 11) is -4.25. The van der Waals surface area contributed by atoms with E-state index < -0.39 is 28.3 Å². The molecule has 7 nitrogen and oxygen atoms in total. The van der Waals surface area contributed by atoms with E-state index in [0.29, 0.717) is 5.75 Å². The van der Waals surface area contributed by atoms with Crippen LogP contribution in [0.3, 0.4) is 0 Å². The summed E-state index contributed by atoms with van der Waals surface area (Å²) in [6.45, 7) is 4.58. The summed E-state index contributed by atoms with van der Waals surface area (Å²) in [6.07, 6.45) is -0.860. The van der Waals surface area contributed by atoms with Gasteiger partial charge < -0.3 is 14.6 Å². The first-order valence-electron chi connectivity index (χ1n) is 5.95. The Bertz CT molecular complexity index is 591. The Morgan fingerprint density at radius 2 is 1.95 bits per heavy atom. The Morgan fingerprint density at radius 1 is 1.38 bits per heavy atom. The molecule has 0 aliphatic heterocycles. The zero-order chi connectivity index (χ0) is 16.0. The minimum absolute atomic E-state index is 0.156. The molecule has 0 aliphatic rings. The first kappa shape index (κ1) is 17.2. The number of rotatable bonds is 7. The number of aliphatic hydroxyl groups is 1. The van der Waals surface area contributed by atoms with Gasteiger partial charge in [0.05, 0.1) is 4.90 Å². The molecule has 2 unspecified atom stereocenters. The van der Waals surface area contributed by atoms with E-state index in [1.54, 1.807) is 0 Å². The molecule has 8 heteroatoms. The lowest BCUT2D eigenvalue weighted by molar-refractivity contribution is -0.148. The molecule has 2 atom stereocenters. The van der Waals surface area contributed by atoms with Crippen LogP contribution in [0.4, 0.5) is 0 Å². The van der Waals surface area contributed by atoms with Gasteiger partial charge in [-0.05, 0) is 31.2 Å². The van der Waals surface area contributed by atoms with Crippen molar-refractivity contribution in [1.29, 1.82) is 0 Å². The van der Waals surface area contributed by atoms with E-state index in [1.807, 2.05) is 0 Å². The summed E-state index contributed by atoms with van der Waals surface area (Å²) >= 11 is 0. The standard InChI is InChI=1S/C13H16O7S/c1-3-13(15)20-9(2)12(14)8-19-10-4-6-11(7-5-10)21(16,17)18/h3-7,9,12,14H,1,8H2,2H3,(H,16,17,18). The van der Waals surface area contributed by atoms with Crippen LogP contribution in [0, 0.1) is 0 Å². The van der Waals surface area contributed by atoms with Crippen molar-refractivity contribution < 1.29 is 32.3 Å². The third-order valence-corrected chi connectivity index (χ3v) is 3.42. The lowest BCUT2D eigenvalue weighted by atomic mass is 10.2. The summed E-state index contributed by atoms with van der Waals surface area (Å²) in [4.78, 5) is 10.7. The van der Waals surface area contributed by atoms with Crippen LogP contribution in [0.1, 0.15) is 6.92 Å². The Morgan fingerprint density at radius 3 is 2.43 bits per heavy atom. The van der Waals surface area contributed by atoms with Gasteiger partial charge in [0.2, 0.25) is 0 Å². The molecule has 0 amide bonds. The van der Waals surface area contributed by atoms with Gasteiger partial charge in [-0.25, -0.2) is 4.79 Å². The van der Waals surface area contributed by atoms with Crippen LogP contribution in [0.15, 0.2) is 41.8 Å². The minimum Gasteiger partial charge on any atom is -0.491 e. The zero-order valence-electron chi connectivity index (χ0n) is 11.3. The minimum atomic E-state index is -4.25. The maximum absolute atomic E-state index is 11.0. The molecular formula is C13H16O7S. The van der Waals surface area contributed by atoms with Crippen LogP contribution >= 0.6 is 0 Å². The maximum atomic E-state index is 11.0. The van der Waals surface area contributed by atoms with E-state index >= 15 is 0 Å². The molecule has 1 aromatic carbocycles. The normalized spacial score (nSPS) is 14.0. The number of ether oxygens (including phenoxy) is 2. The van der Waals surface area contributed by atoms with Gasteiger partial charge in [-0.1, -0.05) is 6.58 Å². The Labute approximate surface area is 122 Å². The lowest BCUT2D eigenvalue weighted by Crippen LogP contribution is -2.33. The molecule has 116 valence electrons. The van der Waals surface area contributed by atoms with Crippen molar-refractivity contribution >= 4 is 16.1 Å². The fourth-order valence-electron chi connectivity index (χ4n) is 1.33. The number of benzene rings is 1. The van der Waals surface area contributed by atoms with E-state index in [2.05, 4.69) is 6.58 Å². The molecule has 0 saturated heterocycles. The van der Waals surface area contributed by atoms with E-state index in [0.717, 1.165) is 18.2 Å². The second-order valence-corrected chi connectivity index (χ2v) is 5.59. The van der Waals surface area contributed by atoms with Crippen molar-refractivity contribution in [2.75, 3.05) is 6.61 Å². The highest BCUT2D eigenvalue weighted by atomic mass is 32.2. The van der Waals surface area contributed by atoms with Crippen molar-refractivity contribution in [1.82, 2.24) is 0 Å². The lowest BCUT2D eigenvalue weighted by Gasteiger charge is -2.19. The molecular weight excluding hydrogens is 300 g/mol. The molecule has 0 saturated carbocycles. The van der Waals surface area contributed by atoms with Gasteiger partial charge in [-0.3, -0.25) is 4.55 Å². The largest absolute Gasteiger partial charge is 0.491 e. The number of carbonyl (C=O) groups is 1. The summed E-state index contributed by atoms with van der Waals surface area (Å²) < 4.78 is 40.6. The Kier molecular flexibility index (Phi) is 5.89. The number of carbonyl (C=O) groups excluding carboxylic acids is 1. The van der Waals surface area contributed by atoms with Crippen LogP contribution in [0.25, 0.3) is 0 Å². The average molecular weight is 316 g/mol. The molecule has 0 fully saturated rings. The second kappa shape index (κ2) is 7.21. The van der Waals surface area contributed by atoms with E-state index in [-0.39, 0.29) is 11.5 Å². The fraction of sp³-hybridized carbons (Fsp3) is 0.308. The summed E-state index contributed by atoms with van der Waals surface area (Å²) in [5.41, 5.74) is 0. The molecule has 2 N–H and O–H groups in total. The average Bonchev–Trinajstić information content (AvgIpc) is 2.43. The first-order valence-corrected chi connectivity index (χ1v) is 7.39. The molecule has 0 radical (unpaired) electrons. The van der Waals surface area contributed by atoms with Crippen LogP contribution in [-0.4, -0.2) is 42.9 Å². The molecule has 1 rings (SSSR count). The van der Waals surface area contributed by atoms with Crippen molar-refractivity contribution in [2.24, 2.45) is 0 Å². The number of aliphatic hydroxyl groups excluding tert-OH is 1. The predicted octanol–water partition coefficient (Wildman–Crippen LogP) is 0.791. The van der Waals surface area contributed by atoms with Gasteiger partial charge in [-0.15, -0.1) is 0 Å². The molecule has 1 aromatic rings. The van der Waals surface area contributed by atoms with Crippen LogP contribution in [0.2, 0.25) is 0 Å². The first-order chi connectivity index (χ1) is 9.74. The van der Waals surface area contributed by atoms with Crippen LogP contribution < -0.4 is 4.74 Å². The van der Waals surface area contributed by atoms with Gasteiger partial charge in [0.15, 0.2) is 0 Å². The fourth-order valence-corrected chi connectivity index (χ4v) is 1.81. The maximum Gasteiger partial charge on any atom is 0.330 e. The van der Waals surface area contributed by atoms with E-state index in [9.17, 15) is 18.3 Å². The van der Waals surface area contributed by atoms with Crippen molar-refractivity contribution in [3.8, 4) is 5.75 Å². The summed E-state index contributed by atoms with van der Waals surface area (Å²) in [5.74, 6) is -0.359. The number of esters is 1. The van der Waals surface area contributed by atoms with E-state index in [4.69, 9.17) is 14.0 Å². The van der Waals surface area contributed by atoms with Crippen molar-refractivity contribution in [3.63, 3.8) is 0 Å². The quantitative estimate of drug-likeness (QED) is 0.435. The summed E-state index contributed by atoms with van der Waals surface area (Å²) in [6, 6.07) is 4.99. The molecule has 0 heterocycles. The van der Waals surface area contributed by atoms with Gasteiger partial charge in [0.1, 0.15) is 24.6 Å². The third kappa shape index (κ3) is 5.54. The highest BCUT2D eigenvalue weighted by molar-refractivity contribution is 7.85. The number of hydrogen-bond acceptors (Lipinski definition) is 6. The molecule has 0 aromatic heterocycles. The van der Waals surface area contributed by atoms with Crippen LogP contribution in [-0.2, 0) is 19.6 Å². The highest BCUT2D eigenvalue weighted by Gasteiger charge is 2.18. The van der Waals surface area contributed by atoms with Crippen molar-refractivity contribution in [2.45, 2.75) is 24.0 Å². The smallest absolute Gasteiger partial charge is 0.330 e. The topological polar surface area (TPSA) is 110 Å². The highest BCUT2D eigenvalue weighted by Crippen LogP contribution is 2.16. The van der Waals surface area contributed by atoms with Gasteiger partial charge >= 0.3 is 5.97 Å². The SMILES string of the molecule is C=CC(=O)OC(C)C(O)COc1ccc(S(=O)(=O)O)cc1. The molecule has 0 spiro atoms. The van der Waals surface area contributed by atoms with E-state index in [1.165, 1.54) is 19.1 Å². The third-order valence-electron chi connectivity index (χ3n) is 2.55. The predicted molar refractivity (Wildman–Crippen MR) is 73.5 cm³/mol. The second-order valence-electron chi connectivity index (χ2n) is 4.17. The number of hydrogen-bond donors (Lipinski definition) is 2. The van der Waals surface area contributed by atoms with Gasteiger partial charge in [0, 0.05) is 6.08 Å². The van der Waals surface area contributed by atoms with Crippen molar-refractivity contribution in [3.05, 3.63) is 36.9 Å². The monoisotopic (exact) mass is 316 g/mol. The van der Waals surface area contributed by atoms with Gasteiger partial charge in [0.25, 0.3) is 10.1 Å². The Balaban J connectivity index is 2.55. The van der Waals surface area contributed by atoms with Crippen LogP contribution in [0.5, 0.6) is 5.75 Å². The molecule has 21 heavy (non-hydrogen) atoms. The Hall–Kier alpha value is -1.90. The zero-order valence-corrected chi connectivity index (χ0v) is 12.1. The molecule has 0 bridgehead atoms.